The summed E-state index contributed by atoms with van der Waals surface area (Å²) in [5.41, 5.74) is 6.23. The van der Waals surface area contributed by atoms with Gasteiger partial charge < -0.3 is 16.0 Å². The summed E-state index contributed by atoms with van der Waals surface area (Å²) in [5, 5.41) is 2.33. The van der Waals surface area contributed by atoms with Crippen LogP contribution >= 0.6 is 11.8 Å². The van der Waals surface area contributed by atoms with Gasteiger partial charge in [-0.3, -0.25) is 9.59 Å². The number of carbonyl (C=O) groups is 1. The van der Waals surface area contributed by atoms with E-state index in [1.807, 2.05) is 0 Å². The minimum absolute atomic E-state index is 0.0614. The molecule has 1 atom stereocenters. The highest BCUT2D eigenvalue weighted by molar-refractivity contribution is 8.00. The molecule has 0 radical (unpaired) electrons. The molecule has 146 valence electrons. The van der Waals surface area contributed by atoms with Crippen LogP contribution in [0.2, 0.25) is 0 Å². The number of hydrogen-bond donors (Lipinski definition) is 3. The summed E-state index contributed by atoms with van der Waals surface area (Å²) in [4.78, 5) is 30.5. The first-order valence-corrected chi connectivity index (χ1v) is 10.2. The third kappa shape index (κ3) is 5.08. The van der Waals surface area contributed by atoms with Crippen molar-refractivity contribution in [2.75, 3.05) is 25.1 Å². The first kappa shape index (κ1) is 20.9. The quantitative estimate of drug-likeness (QED) is 0.477. The second kappa shape index (κ2) is 8.11. The van der Waals surface area contributed by atoms with Gasteiger partial charge in [0.2, 0.25) is 15.9 Å². The minimum atomic E-state index is -3.62. The Labute approximate surface area is 161 Å². The number of sulfonamides is 1. The Morgan fingerprint density at radius 2 is 2.00 bits per heavy atom. The molecule has 0 spiro atoms. The Bertz CT molecular complexity index is 1020. The van der Waals surface area contributed by atoms with Crippen molar-refractivity contribution >= 4 is 39.2 Å². The Kier molecular flexibility index (Phi) is 6.29. The first-order chi connectivity index (χ1) is 12.5. The molecule has 1 aromatic carbocycles. The molecule has 11 heteroatoms. The lowest BCUT2D eigenvalue weighted by Gasteiger charge is -2.16. The van der Waals surface area contributed by atoms with Crippen molar-refractivity contribution < 1.29 is 13.2 Å². The SMILES string of the molecule is Cc1ccc(S(=O)(=O)N(C)C)cc1NC(=O)C(C)Sc1nc(N)cc(=O)[nH]1. The maximum absolute atomic E-state index is 12.5. The van der Waals surface area contributed by atoms with Crippen molar-refractivity contribution in [3.05, 3.63) is 40.2 Å². The van der Waals surface area contributed by atoms with E-state index in [0.717, 1.165) is 22.1 Å². The summed E-state index contributed by atoms with van der Waals surface area (Å²) in [6.45, 7) is 3.40. The number of aryl methyl sites for hydroxylation is 1. The molecule has 0 aliphatic heterocycles. The number of anilines is 2. The summed E-state index contributed by atoms with van der Waals surface area (Å²) in [6, 6.07) is 5.68. The lowest BCUT2D eigenvalue weighted by atomic mass is 10.2. The Hall–Kier alpha value is -2.37. The van der Waals surface area contributed by atoms with Gasteiger partial charge in [0.05, 0.1) is 10.1 Å². The fourth-order valence-electron chi connectivity index (χ4n) is 2.07. The highest BCUT2D eigenvalue weighted by atomic mass is 32.2. The molecule has 1 heterocycles. The molecule has 1 unspecified atom stereocenters. The van der Waals surface area contributed by atoms with Gasteiger partial charge in [-0.1, -0.05) is 17.8 Å². The largest absolute Gasteiger partial charge is 0.383 e. The van der Waals surface area contributed by atoms with Crippen molar-refractivity contribution in [2.24, 2.45) is 0 Å². The highest BCUT2D eigenvalue weighted by Crippen LogP contribution is 2.24. The zero-order valence-corrected chi connectivity index (χ0v) is 16.9. The highest BCUT2D eigenvalue weighted by Gasteiger charge is 2.21. The maximum Gasteiger partial charge on any atom is 0.253 e. The van der Waals surface area contributed by atoms with Gasteiger partial charge in [-0.05, 0) is 31.5 Å². The fraction of sp³-hybridized carbons (Fsp3) is 0.312. The van der Waals surface area contributed by atoms with E-state index in [1.54, 1.807) is 19.9 Å². The molecule has 0 saturated carbocycles. The summed E-state index contributed by atoms with van der Waals surface area (Å²) in [5.74, 6) is -0.307. The van der Waals surface area contributed by atoms with E-state index in [-0.39, 0.29) is 21.8 Å². The summed E-state index contributed by atoms with van der Waals surface area (Å²) < 4.78 is 25.7. The van der Waals surface area contributed by atoms with Crippen molar-refractivity contribution in [3.8, 4) is 0 Å². The lowest BCUT2D eigenvalue weighted by Crippen LogP contribution is -2.25. The molecule has 1 aromatic heterocycles. The van der Waals surface area contributed by atoms with E-state index < -0.39 is 20.8 Å². The first-order valence-electron chi connectivity index (χ1n) is 7.88. The molecule has 27 heavy (non-hydrogen) atoms. The number of nitrogen functional groups attached to an aromatic ring is 1. The summed E-state index contributed by atoms with van der Waals surface area (Å²) in [7, 11) is -0.745. The number of amides is 1. The number of rotatable bonds is 6. The number of thioether (sulfide) groups is 1. The molecule has 2 rings (SSSR count). The van der Waals surface area contributed by atoms with E-state index in [2.05, 4.69) is 15.3 Å². The number of benzene rings is 1. The van der Waals surface area contributed by atoms with Crippen LogP contribution in [0.4, 0.5) is 11.5 Å². The van der Waals surface area contributed by atoms with Gasteiger partial charge in [-0.25, -0.2) is 17.7 Å². The van der Waals surface area contributed by atoms with Gasteiger partial charge in [-0.2, -0.15) is 0 Å². The molecular weight excluding hydrogens is 390 g/mol. The third-order valence-corrected chi connectivity index (χ3v) is 6.44. The molecule has 9 nitrogen and oxygen atoms in total. The van der Waals surface area contributed by atoms with E-state index in [1.165, 1.54) is 26.2 Å². The van der Waals surface area contributed by atoms with E-state index in [9.17, 15) is 18.0 Å². The van der Waals surface area contributed by atoms with Gasteiger partial charge in [0.25, 0.3) is 5.56 Å². The van der Waals surface area contributed by atoms with Crippen LogP contribution in [0, 0.1) is 6.92 Å². The molecular formula is C16H21N5O4S2. The molecule has 4 N–H and O–H groups in total. The van der Waals surface area contributed by atoms with Gasteiger partial charge in [0.1, 0.15) is 5.82 Å². The summed E-state index contributed by atoms with van der Waals surface area (Å²) >= 11 is 1.03. The fourth-order valence-corrected chi connectivity index (χ4v) is 3.82. The molecule has 1 amide bonds. The van der Waals surface area contributed by atoms with Crippen molar-refractivity contribution in [3.63, 3.8) is 0 Å². The summed E-state index contributed by atoms with van der Waals surface area (Å²) in [6.07, 6.45) is 0. The topological polar surface area (TPSA) is 138 Å². The monoisotopic (exact) mass is 411 g/mol. The van der Waals surface area contributed by atoms with Crippen molar-refractivity contribution in [1.82, 2.24) is 14.3 Å². The van der Waals surface area contributed by atoms with Gasteiger partial charge in [0, 0.05) is 25.8 Å². The number of H-pyrrole nitrogens is 1. The van der Waals surface area contributed by atoms with Crippen LogP contribution in [0.3, 0.4) is 0 Å². The van der Waals surface area contributed by atoms with Gasteiger partial charge in [-0.15, -0.1) is 0 Å². The van der Waals surface area contributed by atoms with Crippen LogP contribution in [0.15, 0.2) is 39.1 Å². The number of nitrogens with zero attached hydrogens (tertiary/aromatic N) is 2. The second-order valence-electron chi connectivity index (χ2n) is 5.99. The maximum atomic E-state index is 12.5. The van der Waals surface area contributed by atoms with Crippen LogP contribution in [0.1, 0.15) is 12.5 Å². The van der Waals surface area contributed by atoms with Crippen LogP contribution in [0.5, 0.6) is 0 Å². The van der Waals surface area contributed by atoms with Crippen LogP contribution in [-0.2, 0) is 14.8 Å². The average molecular weight is 412 g/mol. The predicted molar refractivity (Wildman–Crippen MR) is 105 cm³/mol. The molecule has 0 bridgehead atoms. The number of nitrogens with two attached hydrogens (primary N) is 1. The second-order valence-corrected chi connectivity index (χ2v) is 9.47. The minimum Gasteiger partial charge on any atom is -0.383 e. The molecule has 0 saturated heterocycles. The van der Waals surface area contributed by atoms with E-state index in [0.29, 0.717) is 11.3 Å². The average Bonchev–Trinajstić information content (AvgIpc) is 2.55. The number of nitrogens with one attached hydrogen (secondary N) is 2. The number of aromatic nitrogens is 2. The number of hydrogen-bond acceptors (Lipinski definition) is 7. The number of carbonyl (C=O) groups excluding carboxylic acids is 1. The molecule has 0 fully saturated rings. The van der Waals surface area contributed by atoms with Crippen molar-refractivity contribution in [2.45, 2.75) is 29.1 Å². The smallest absolute Gasteiger partial charge is 0.253 e. The van der Waals surface area contributed by atoms with Crippen LogP contribution in [0.25, 0.3) is 0 Å². The van der Waals surface area contributed by atoms with Crippen LogP contribution in [-0.4, -0.2) is 47.9 Å². The molecule has 2 aromatic rings. The zero-order chi connectivity index (χ0) is 20.4. The predicted octanol–water partition coefficient (Wildman–Crippen LogP) is 1.03. The number of aromatic amines is 1. The van der Waals surface area contributed by atoms with Gasteiger partial charge in [0.15, 0.2) is 5.16 Å². The standard InChI is InChI=1S/C16H21N5O4S2/c1-9-5-6-11(27(24,25)21(3)4)7-12(9)18-15(23)10(2)26-16-19-13(17)8-14(22)20-16/h5-8,10H,1-4H3,(H,18,23)(H3,17,19,20,22). The van der Waals surface area contributed by atoms with Crippen LogP contribution < -0.4 is 16.6 Å². The molecule has 0 aliphatic rings. The Morgan fingerprint density at radius 3 is 2.59 bits per heavy atom. The molecule has 0 aliphatic carbocycles. The van der Waals surface area contributed by atoms with Gasteiger partial charge >= 0.3 is 0 Å². The van der Waals surface area contributed by atoms with E-state index in [4.69, 9.17) is 5.73 Å². The van der Waals surface area contributed by atoms with E-state index >= 15 is 0 Å². The zero-order valence-electron chi connectivity index (χ0n) is 15.3. The Balaban J connectivity index is 2.20. The third-order valence-electron chi connectivity index (χ3n) is 3.64. The van der Waals surface area contributed by atoms with Crippen molar-refractivity contribution in [1.29, 1.82) is 0 Å². The Morgan fingerprint density at radius 1 is 1.33 bits per heavy atom. The normalized spacial score (nSPS) is 12.8. The lowest BCUT2D eigenvalue weighted by molar-refractivity contribution is -0.115.